The highest BCUT2D eigenvalue weighted by Gasteiger charge is 2.26. The Morgan fingerprint density at radius 1 is 0.487 bits per heavy atom. The van der Waals surface area contributed by atoms with Gasteiger partial charge in [-0.3, -0.25) is 25.0 Å². The summed E-state index contributed by atoms with van der Waals surface area (Å²) in [6.07, 6.45) is 0. The molecule has 3 N–H and O–H groups in total. The first kappa shape index (κ1) is 65.5. The number of nitrogens with one attached hydrogen (secondary N) is 1. The van der Waals surface area contributed by atoms with E-state index in [4.69, 9.17) is 16.4 Å². The highest BCUT2D eigenvalue weighted by Crippen LogP contribution is 2.28. The highest BCUT2D eigenvalue weighted by molar-refractivity contribution is 8.13. The standard InChI is InChI=1S/C24H26N2O3S.C10H14N2O4S.C10H16N2O2S.C6H4ClNO4S.CH4/c1-3-26(4-2)30(28,29)22-17-15-21(16-18-22)25-24(27)23(19-11-7-5-8-12-19)20-13-9-6-10-14-20;1-3-11(4-2)17(15,16)10-7-5-9(6-8-10)12(13)14;1-3-12(4-2)15(13,14)10-7-5-9(11)6-8-10;7-13(11,12)6-3-1-5(2-4-6)8(9)10;/h5-18,23H,3-4H2,1-2H3,(H,25,27);5-8H,3-4H2,1-2H3;5-8H,3-4,11H2,1-2H3;1-4H;1H4. The van der Waals surface area contributed by atoms with Crippen molar-refractivity contribution in [2.24, 2.45) is 0 Å². The van der Waals surface area contributed by atoms with Gasteiger partial charge in [0.25, 0.3) is 20.4 Å². The van der Waals surface area contributed by atoms with E-state index in [0.717, 1.165) is 35.4 Å². The molecule has 6 aromatic rings. The average molecular weight is 1150 g/mol. The van der Waals surface area contributed by atoms with Crippen LogP contribution in [0.4, 0.5) is 22.7 Å². The minimum absolute atomic E-state index is 0. The van der Waals surface area contributed by atoms with E-state index in [2.05, 4.69) is 5.32 Å². The van der Waals surface area contributed by atoms with Crippen molar-refractivity contribution >= 4 is 78.5 Å². The van der Waals surface area contributed by atoms with Crippen LogP contribution in [0.1, 0.15) is 66.0 Å². The molecule has 0 aliphatic heterocycles. The third-order valence-corrected chi connectivity index (χ3v) is 18.5. The normalized spacial score (nSPS) is 11.5. The number of sulfonamides is 3. The first-order valence-electron chi connectivity index (χ1n) is 23.1. The van der Waals surface area contributed by atoms with Crippen molar-refractivity contribution < 1.29 is 48.3 Å². The van der Waals surface area contributed by atoms with Crippen molar-refractivity contribution in [1.29, 1.82) is 0 Å². The van der Waals surface area contributed by atoms with Gasteiger partial charge in [0.05, 0.1) is 35.3 Å². The average Bonchev–Trinajstić information content (AvgIpc) is 3.38. The number of anilines is 2. The summed E-state index contributed by atoms with van der Waals surface area (Å²) in [6.45, 7) is 13.2. The number of nitrogen functional groups attached to an aromatic ring is 1. The minimum Gasteiger partial charge on any atom is -0.399 e. The molecular weight excluding hydrogens is 1080 g/mol. The molecule has 0 bridgehead atoms. The predicted molar refractivity (Wildman–Crippen MR) is 297 cm³/mol. The van der Waals surface area contributed by atoms with Gasteiger partial charge in [-0.25, -0.2) is 33.7 Å². The van der Waals surface area contributed by atoms with Gasteiger partial charge in [-0.2, -0.15) is 12.9 Å². The molecule has 0 aliphatic carbocycles. The van der Waals surface area contributed by atoms with Crippen LogP contribution in [0.25, 0.3) is 0 Å². The number of nitro groups is 2. The monoisotopic (exact) mass is 1150 g/mol. The Labute approximate surface area is 451 Å². The highest BCUT2D eigenvalue weighted by atomic mass is 35.7. The van der Waals surface area contributed by atoms with Crippen molar-refractivity contribution in [1.82, 2.24) is 12.9 Å². The van der Waals surface area contributed by atoms with Crippen molar-refractivity contribution in [3.05, 3.63) is 189 Å². The molecule has 76 heavy (non-hydrogen) atoms. The van der Waals surface area contributed by atoms with Crippen molar-refractivity contribution in [2.75, 3.05) is 50.3 Å². The van der Waals surface area contributed by atoms with E-state index >= 15 is 0 Å². The fraction of sp³-hybridized carbons (Fsp3) is 0.275. The molecule has 25 heteroatoms. The molecule has 0 saturated heterocycles. The second-order valence-electron chi connectivity index (χ2n) is 15.5. The van der Waals surface area contributed by atoms with Gasteiger partial charge in [0.1, 0.15) is 0 Å². The zero-order valence-corrected chi connectivity index (χ0v) is 46.0. The van der Waals surface area contributed by atoms with Crippen LogP contribution in [0.3, 0.4) is 0 Å². The number of rotatable bonds is 19. The van der Waals surface area contributed by atoms with E-state index in [9.17, 15) is 58.7 Å². The first-order valence-corrected chi connectivity index (χ1v) is 29.8. The molecule has 6 rings (SSSR count). The van der Waals surface area contributed by atoms with Gasteiger partial charge in [0.2, 0.25) is 36.0 Å². The molecule has 0 unspecified atom stereocenters. The Morgan fingerprint density at radius 2 is 0.763 bits per heavy atom. The maximum atomic E-state index is 13.2. The van der Waals surface area contributed by atoms with E-state index in [1.807, 2.05) is 88.4 Å². The Hall–Kier alpha value is -6.64. The molecule has 0 radical (unpaired) electrons. The third-order valence-electron chi connectivity index (χ3n) is 10.9. The molecule has 0 aliphatic rings. The lowest BCUT2D eigenvalue weighted by molar-refractivity contribution is -0.385. The molecule has 20 nitrogen and oxygen atoms in total. The van der Waals surface area contributed by atoms with Gasteiger partial charge in [0.15, 0.2) is 0 Å². The van der Waals surface area contributed by atoms with Crippen LogP contribution in [0.15, 0.2) is 177 Å². The maximum Gasteiger partial charge on any atom is 0.269 e. The summed E-state index contributed by atoms with van der Waals surface area (Å²) in [7, 11) is -9.20. The molecule has 412 valence electrons. The molecule has 1 amide bonds. The van der Waals surface area contributed by atoms with Gasteiger partial charge in [-0.05, 0) is 83.9 Å². The van der Waals surface area contributed by atoms with Crippen molar-refractivity contribution in [3.8, 4) is 0 Å². The summed E-state index contributed by atoms with van der Waals surface area (Å²) in [4.78, 5) is 33.0. The molecule has 0 atom stereocenters. The van der Waals surface area contributed by atoms with Crippen LogP contribution < -0.4 is 11.1 Å². The topological polar surface area (TPSA) is 288 Å². The van der Waals surface area contributed by atoms with E-state index in [0.29, 0.717) is 55.5 Å². The van der Waals surface area contributed by atoms with Gasteiger partial charge < -0.3 is 11.1 Å². The molecular formula is C51H64ClN7O13S4. The number of halogens is 1. The number of nitro benzene ring substituents is 2. The summed E-state index contributed by atoms with van der Waals surface area (Å²) >= 11 is 0. The smallest absolute Gasteiger partial charge is 0.269 e. The van der Waals surface area contributed by atoms with Crippen LogP contribution in [-0.2, 0) is 43.9 Å². The number of carbonyl (C=O) groups excluding carboxylic acids is 1. The zero-order valence-electron chi connectivity index (χ0n) is 42.0. The van der Waals surface area contributed by atoms with Crippen molar-refractivity contribution in [2.45, 2.75) is 74.5 Å². The van der Waals surface area contributed by atoms with Gasteiger partial charge in [-0.15, -0.1) is 0 Å². The Kier molecular flexibility index (Phi) is 26.0. The third kappa shape index (κ3) is 18.3. The molecule has 0 aromatic heterocycles. The van der Waals surface area contributed by atoms with Gasteiger partial charge >= 0.3 is 0 Å². The van der Waals surface area contributed by atoms with Crippen LogP contribution in [0.5, 0.6) is 0 Å². The molecule has 0 saturated carbocycles. The Bertz CT molecular complexity index is 3200. The molecule has 6 aromatic carbocycles. The van der Waals surface area contributed by atoms with Crippen LogP contribution >= 0.6 is 10.7 Å². The lowest BCUT2D eigenvalue weighted by Gasteiger charge is -2.19. The van der Waals surface area contributed by atoms with Gasteiger partial charge in [0, 0.05) is 85.6 Å². The summed E-state index contributed by atoms with van der Waals surface area (Å²) < 4.78 is 98.9. The molecule has 0 spiro atoms. The number of hydrogen-bond donors (Lipinski definition) is 2. The quantitative estimate of drug-likeness (QED) is 0.0330. The Balaban J connectivity index is 0.000000369. The lowest BCUT2D eigenvalue weighted by atomic mass is 9.90. The van der Waals surface area contributed by atoms with E-state index in [-0.39, 0.29) is 39.4 Å². The van der Waals surface area contributed by atoms with E-state index in [1.165, 1.54) is 61.4 Å². The second-order valence-corrected chi connectivity index (χ2v) is 23.9. The van der Waals surface area contributed by atoms with Crippen LogP contribution in [0.2, 0.25) is 0 Å². The second kappa shape index (κ2) is 30.2. The fourth-order valence-corrected chi connectivity index (χ4v) is 12.1. The predicted octanol–water partition coefficient (Wildman–Crippen LogP) is 9.57. The summed E-state index contributed by atoms with van der Waals surface area (Å²) in [6, 6.07) is 41.0. The number of non-ortho nitro benzene ring substituents is 2. The number of nitrogens with zero attached hydrogens (tertiary/aromatic N) is 5. The lowest BCUT2D eigenvalue weighted by Crippen LogP contribution is -2.30. The number of nitrogens with two attached hydrogens (primary N) is 1. The number of benzene rings is 6. The largest absolute Gasteiger partial charge is 0.399 e. The van der Waals surface area contributed by atoms with E-state index in [1.54, 1.807) is 38.1 Å². The van der Waals surface area contributed by atoms with E-state index < -0.39 is 54.9 Å². The first-order chi connectivity index (χ1) is 35.3. The fourth-order valence-electron chi connectivity index (χ4n) is 6.96. The maximum absolute atomic E-state index is 13.2. The van der Waals surface area contributed by atoms with Gasteiger partial charge in [-0.1, -0.05) is 110 Å². The van der Waals surface area contributed by atoms with Crippen LogP contribution in [-0.4, -0.2) is 102 Å². The molecule has 0 heterocycles. The summed E-state index contributed by atoms with van der Waals surface area (Å²) in [5.74, 6) is -0.641. The molecule has 0 fully saturated rings. The zero-order chi connectivity index (χ0) is 56.1. The number of amides is 1. The number of hydrogen-bond acceptors (Lipinski definition) is 14. The summed E-state index contributed by atoms with van der Waals surface area (Å²) in [5, 5.41) is 23.6. The minimum atomic E-state index is -3.80. The SMILES string of the molecule is C.CCN(CC)S(=O)(=O)c1ccc(N)cc1.CCN(CC)S(=O)(=O)c1ccc(NC(=O)C(c2ccccc2)c2ccccc2)cc1.CCN(CC)S(=O)(=O)c1ccc([N+](=O)[O-])cc1.O=[N+]([O-])c1ccc(S(=O)(=O)Cl)cc1. The summed E-state index contributed by atoms with van der Waals surface area (Å²) in [5.41, 5.74) is 8.10. The van der Waals surface area contributed by atoms with Crippen LogP contribution in [0, 0.1) is 20.2 Å². The number of carbonyl (C=O) groups is 1. The van der Waals surface area contributed by atoms with Crippen molar-refractivity contribution in [3.63, 3.8) is 0 Å². The Morgan fingerprint density at radius 3 is 1.04 bits per heavy atom.